The Balaban J connectivity index is 1.87. The van der Waals surface area contributed by atoms with Crippen LogP contribution >= 0.6 is 0 Å². The third-order valence-corrected chi connectivity index (χ3v) is 3.73. The van der Waals surface area contributed by atoms with Gasteiger partial charge in [-0.05, 0) is 49.7 Å². The smallest absolute Gasteiger partial charge is 0.246 e. The van der Waals surface area contributed by atoms with E-state index in [1.54, 1.807) is 11.0 Å². The minimum atomic E-state index is 0.0435. The summed E-state index contributed by atoms with van der Waals surface area (Å²) in [5, 5.41) is 0. The number of carbonyl (C=O) groups is 1. The first-order valence-corrected chi connectivity index (χ1v) is 7.02. The Morgan fingerprint density at radius 1 is 1.55 bits per heavy atom. The topological polar surface area (TPSA) is 49.6 Å². The van der Waals surface area contributed by atoms with Crippen molar-refractivity contribution in [2.24, 2.45) is 5.92 Å². The average Bonchev–Trinajstić information content (AvgIpc) is 2.81. The largest absolute Gasteiger partial charge is 0.399 e. The maximum absolute atomic E-state index is 12.1. The number of nitrogens with two attached hydrogens (primary N) is 1. The molecule has 1 aliphatic rings. The van der Waals surface area contributed by atoms with Crippen LogP contribution in [0.5, 0.6) is 0 Å². The summed E-state index contributed by atoms with van der Waals surface area (Å²) in [4.78, 5) is 16.2. The van der Waals surface area contributed by atoms with Crippen molar-refractivity contribution in [1.82, 2.24) is 9.80 Å². The fourth-order valence-electron chi connectivity index (χ4n) is 2.61. The van der Waals surface area contributed by atoms with Crippen LogP contribution in [0.4, 0.5) is 5.69 Å². The fourth-order valence-corrected chi connectivity index (χ4v) is 2.61. The molecule has 4 nitrogen and oxygen atoms in total. The minimum absolute atomic E-state index is 0.0435. The van der Waals surface area contributed by atoms with E-state index >= 15 is 0 Å². The molecule has 0 bridgehead atoms. The molecule has 4 heteroatoms. The molecule has 0 radical (unpaired) electrons. The Bertz CT molecular complexity index is 498. The molecule has 2 rings (SSSR count). The van der Waals surface area contributed by atoms with Gasteiger partial charge in [-0.3, -0.25) is 4.79 Å². The van der Waals surface area contributed by atoms with Gasteiger partial charge in [0.05, 0.1) is 0 Å². The number of rotatable bonds is 4. The monoisotopic (exact) mass is 273 g/mol. The first-order valence-electron chi connectivity index (χ1n) is 7.02. The molecule has 0 aliphatic carbocycles. The van der Waals surface area contributed by atoms with Crippen molar-refractivity contribution >= 4 is 17.7 Å². The Kier molecular flexibility index (Phi) is 4.79. The quantitative estimate of drug-likeness (QED) is 0.671. The number of anilines is 1. The van der Waals surface area contributed by atoms with E-state index in [4.69, 9.17) is 5.73 Å². The van der Waals surface area contributed by atoms with Crippen LogP contribution in [0.2, 0.25) is 0 Å². The summed E-state index contributed by atoms with van der Waals surface area (Å²) >= 11 is 0. The van der Waals surface area contributed by atoms with E-state index in [9.17, 15) is 4.79 Å². The zero-order chi connectivity index (χ0) is 14.5. The second kappa shape index (κ2) is 6.57. The number of likely N-dealkylation sites (tertiary alicyclic amines) is 1. The maximum atomic E-state index is 12.1. The van der Waals surface area contributed by atoms with Crippen molar-refractivity contribution in [1.29, 1.82) is 0 Å². The van der Waals surface area contributed by atoms with Crippen LogP contribution in [0.1, 0.15) is 12.0 Å². The molecule has 2 N–H and O–H groups in total. The highest BCUT2D eigenvalue weighted by Gasteiger charge is 2.21. The van der Waals surface area contributed by atoms with Crippen LogP contribution in [0.25, 0.3) is 6.08 Å². The molecule has 1 aromatic carbocycles. The van der Waals surface area contributed by atoms with Crippen LogP contribution in [0, 0.1) is 5.92 Å². The van der Waals surface area contributed by atoms with Crippen molar-refractivity contribution in [2.45, 2.75) is 6.42 Å². The number of carbonyl (C=O) groups excluding carboxylic acids is 1. The Hall–Kier alpha value is -1.81. The Morgan fingerprint density at radius 2 is 2.35 bits per heavy atom. The highest BCUT2D eigenvalue weighted by Crippen LogP contribution is 2.15. The predicted molar refractivity (Wildman–Crippen MR) is 83.1 cm³/mol. The number of hydrogen-bond donors (Lipinski definition) is 1. The number of likely N-dealkylation sites (N-methyl/N-ethyl adjacent to an activating group) is 1. The summed E-state index contributed by atoms with van der Waals surface area (Å²) in [5.74, 6) is 0.636. The highest BCUT2D eigenvalue weighted by atomic mass is 16.2. The van der Waals surface area contributed by atoms with E-state index in [1.807, 2.05) is 37.4 Å². The Morgan fingerprint density at radius 3 is 3.00 bits per heavy atom. The SMILES string of the molecule is CN1CCC(CN(C)C(=O)/C=C/c2cccc(N)c2)C1. The lowest BCUT2D eigenvalue weighted by atomic mass is 10.1. The normalized spacial score (nSPS) is 19.6. The number of nitrogens with zero attached hydrogens (tertiary/aromatic N) is 2. The van der Waals surface area contributed by atoms with E-state index in [0.717, 1.165) is 25.2 Å². The van der Waals surface area contributed by atoms with Crippen LogP contribution in [-0.2, 0) is 4.79 Å². The number of hydrogen-bond acceptors (Lipinski definition) is 3. The van der Waals surface area contributed by atoms with E-state index in [2.05, 4.69) is 11.9 Å². The van der Waals surface area contributed by atoms with Crippen LogP contribution in [0.15, 0.2) is 30.3 Å². The van der Waals surface area contributed by atoms with Gasteiger partial charge in [0.25, 0.3) is 0 Å². The van der Waals surface area contributed by atoms with E-state index in [-0.39, 0.29) is 5.91 Å². The summed E-state index contributed by atoms with van der Waals surface area (Å²) in [5.41, 5.74) is 7.37. The van der Waals surface area contributed by atoms with Crippen LogP contribution < -0.4 is 5.73 Å². The molecule has 1 aliphatic heterocycles. The summed E-state index contributed by atoms with van der Waals surface area (Å²) in [7, 11) is 3.99. The van der Waals surface area contributed by atoms with Gasteiger partial charge in [-0.2, -0.15) is 0 Å². The predicted octanol–water partition coefficient (Wildman–Crippen LogP) is 1.69. The van der Waals surface area contributed by atoms with Crippen molar-refractivity contribution in [2.75, 3.05) is 39.5 Å². The molecule has 0 saturated carbocycles. The van der Waals surface area contributed by atoms with Crippen molar-refractivity contribution < 1.29 is 4.79 Å². The molecule has 1 aromatic rings. The van der Waals surface area contributed by atoms with Gasteiger partial charge in [0, 0.05) is 31.9 Å². The van der Waals surface area contributed by atoms with Gasteiger partial charge >= 0.3 is 0 Å². The zero-order valence-electron chi connectivity index (χ0n) is 12.2. The minimum Gasteiger partial charge on any atom is -0.399 e. The second-order valence-corrected chi connectivity index (χ2v) is 5.64. The van der Waals surface area contributed by atoms with Gasteiger partial charge in [0.1, 0.15) is 0 Å². The third-order valence-electron chi connectivity index (χ3n) is 3.73. The maximum Gasteiger partial charge on any atom is 0.246 e. The van der Waals surface area contributed by atoms with Gasteiger partial charge in [0.15, 0.2) is 0 Å². The molecule has 108 valence electrons. The van der Waals surface area contributed by atoms with Gasteiger partial charge in [-0.1, -0.05) is 12.1 Å². The summed E-state index contributed by atoms with van der Waals surface area (Å²) in [6.45, 7) is 3.03. The van der Waals surface area contributed by atoms with E-state index < -0.39 is 0 Å². The lowest BCUT2D eigenvalue weighted by Gasteiger charge is -2.19. The lowest BCUT2D eigenvalue weighted by molar-refractivity contribution is -0.125. The number of benzene rings is 1. The number of amides is 1. The standard InChI is InChI=1S/C16H23N3O/c1-18-9-8-14(11-18)12-19(2)16(20)7-6-13-4-3-5-15(17)10-13/h3-7,10,14H,8-9,11-12,17H2,1-2H3/b7-6+. The first-order chi connectivity index (χ1) is 9.54. The molecule has 0 aromatic heterocycles. The fraction of sp³-hybridized carbons (Fsp3) is 0.438. The molecule has 0 spiro atoms. The molecule has 1 amide bonds. The van der Waals surface area contributed by atoms with Gasteiger partial charge in [0.2, 0.25) is 5.91 Å². The summed E-state index contributed by atoms with van der Waals surface area (Å²) < 4.78 is 0. The average molecular weight is 273 g/mol. The van der Waals surface area contributed by atoms with Gasteiger partial charge in [-0.25, -0.2) is 0 Å². The molecular weight excluding hydrogens is 250 g/mol. The third kappa shape index (κ3) is 4.10. The van der Waals surface area contributed by atoms with Crippen molar-refractivity contribution in [3.05, 3.63) is 35.9 Å². The van der Waals surface area contributed by atoms with Crippen LogP contribution in [0.3, 0.4) is 0 Å². The molecular formula is C16H23N3O. The first kappa shape index (κ1) is 14.6. The number of nitrogen functional groups attached to an aromatic ring is 1. The molecule has 20 heavy (non-hydrogen) atoms. The summed E-state index contributed by atoms with van der Waals surface area (Å²) in [6.07, 6.45) is 4.61. The second-order valence-electron chi connectivity index (χ2n) is 5.64. The van der Waals surface area contributed by atoms with E-state index in [0.29, 0.717) is 11.6 Å². The van der Waals surface area contributed by atoms with Gasteiger partial charge < -0.3 is 15.5 Å². The zero-order valence-corrected chi connectivity index (χ0v) is 12.2. The lowest BCUT2D eigenvalue weighted by Crippen LogP contribution is -2.31. The summed E-state index contributed by atoms with van der Waals surface area (Å²) in [6, 6.07) is 7.52. The van der Waals surface area contributed by atoms with Gasteiger partial charge in [-0.15, -0.1) is 0 Å². The highest BCUT2D eigenvalue weighted by molar-refractivity contribution is 5.91. The molecule has 1 unspecified atom stereocenters. The molecule has 1 saturated heterocycles. The van der Waals surface area contributed by atoms with E-state index in [1.165, 1.54) is 6.42 Å². The van der Waals surface area contributed by atoms with Crippen LogP contribution in [-0.4, -0.2) is 49.4 Å². The molecule has 1 heterocycles. The molecule has 1 fully saturated rings. The molecule has 1 atom stereocenters. The Labute approximate surface area is 120 Å². The van der Waals surface area contributed by atoms with Crippen molar-refractivity contribution in [3.8, 4) is 0 Å². The van der Waals surface area contributed by atoms with Crippen molar-refractivity contribution in [3.63, 3.8) is 0 Å².